The molecule has 0 radical (unpaired) electrons. The number of rotatable bonds is 5. The number of hydrogen-bond donors (Lipinski definition) is 3. The molecule has 0 fully saturated rings. The van der Waals surface area contributed by atoms with Gasteiger partial charge in [0.2, 0.25) is 0 Å². The molecule has 1 rings (SSSR count). The quantitative estimate of drug-likeness (QED) is 0.668. The maximum Gasteiger partial charge on any atom is 0.338 e. The fourth-order valence-corrected chi connectivity index (χ4v) is 1.72. The summed E-state index contributed by atoms with van der Waals surface area (Å²) in [6.45, 7) is 1.58. The van der Waals surface area contributed by atoms with Gasteiger partial charge in [0, 0.05) is 6.61 Å². The van der Waals surface area contributed by atoms with Gasteiger partial charge in [0.15, 0.2) is 0 Å². The molecule has 0 saturated heterocycles. The Morgan fingerprint density at radius 2 is 2.06 bits per heavy atom. The van der Waals surface area contributed by atoms with Crippen LogP contribution in [-0.2, 0) is 4.74 Å². The van der Waals surface area contributed by atoms with Crippen molar-refractivity contribution >= 4 is 5.97 Å². The number of aliphatic hydroxyl groups is 3. The van der Waals surface area contributed by atoms with Crippen molar-refractivity contribution in [3.63, 3.8) is 0 Å². The molecule has 0 heterocycles. The smallest absolute Gasteiger partial charge is 0.338 e. The Labute approximate surface area is 106 Å². The van der Waals surface area contributed by atoms with E-state index >= 15 is 0 Å². The van der Waals surface area contributed by atoms with Crippen LogP contribution >= 0.6 is 0 Å². The number of carbonyl (C=O) groups is 1. The summed E-state index contributed by atoms with van der Waals surface area (Å²) in [7, 11) is 1.25. The van der Waals surface area contributed by atoms with Gasteiger partial charge in [-0.2, -0.15) is 0 Å². The fraction of sp³-hybridized carbons (Fsp3) is 0.462. The molecule has 2 atom stereocenters. The lowest BCUT2D eigenvalue weighted by Gasteiger charge is -2.20. The molecule has 1 aromatic carbocycles. The third-order valence-electron chi connectivity index (χ3n) is 2.72. The molecule has 0 amide bonds. The van der Waals surface area contributed by atoms with E-state index in [0.29, 0.717) is 5.56 Å². The Morgan fingerprint density at radius 3 is 2.61 bits per heavy atom. The summed E-state index contributed by atoms with van der Waals surface area (Å²) in [4.78, 5) is 11.6. The van der Waals surface area contributed by atoms with Crippen LogP contribution in [0, 0.1) is 6.92 Å². The lowest BCUT2D eigenvalue weighted by molar-refractivity contribution is 0.00333. The first kappa shape index (κ1) is 14.6. The molecule has 0 spiro atoms. The van der Waals surface area contributed by atoms with Gasteiger partial charge in [-0.15, -0.1) is 0 Å². The molecular formula is C13H18O5. The molecule has 3 N–H and O–H groups in total. The van der Waals surface area contributed by atoms with Gasteiger partial charge in [-0.1, -0.05) is 17.7 Å². The van der Waals surface area contributed by atoms with Crippen LogP contribution in [0.1, 0.15) is 34.0 Å². The minimum atomic E-state index is -1.23. The van der Waals surface area contributed by atoms with Crippen LogP contribution in [0.15, 0.2) is 18.2 Å². The largest absolute Gasteiger partial charge is 0.465 e. The highest BCUT2D eigenvalue weighted by atomic mass is 16.5. The zero-order valence-electron chi connectivity index (χ0n) is 10.5. The summed E-state index contributed by atoms with van der Waals surface area (Å²) in [6, 6.07) is 4.89. The highest BCUT2D eigenvalue weighted by molar-refractivity contribution is 5.91. The van der Waals surface area contributed by atoms with E-state index < -0.39 is 18.2 Å². The normalized spacial score (nSPS) is 14.1. The summed E-state index contributed by atoms with van der Waals surface area (Å²) in [5.41, 5.74) is 1.38. The van der Waals surface area contributed by atoms with Crippen LogP contribution in [0.2, 0.25) is 0 Å². The van der Waals surface area contributed by atoms with E-state index in [1.807, 2.05) is 6.92 Å². The summed E-state index contributed by atoms with van der Waals surface area (Å²) in [6.07, 6.45) is -2.32. The highest BCUT2D eigenvalue weighted by Gasteiger charge is 2.23. The van der Waals surface area contributed by atoms with Crippen LogP contribution in [0.4, 0.5) is 0 Å². The molecule has 5 nitrogen and oxygen atoms in total. The van der Waals surface area contributed by atoms with Crippen LogP contribution in [0.25, 0.3) is 0 Å². The molecule has 100 valence electrons. The highest BCUT2D eigenvalue weighted by Crippen LogP contribution is 2.24. The standard InChI is InChI=1S/C13H18O5/c1-8-3-4-9(13(17)18-2)10(7-8)12(16)11(15)5-6-14/h3-4,7,11-12,14-16H,5-6H2,1-2H3. The second-order valence-electron chi connectivity index (χ2n) is 4.11. The molecule has 5 heteroatoms. The third-order valence-corrected chi connectivity index (χ3v) is 2.72. The van der Waals surface area contributed by atoms with Crippen molar-refractivity contribution in [2.45, 2.75) is 25.6 Å². The number of aryl methyl sites for hydroxylation is 1. The molecule has 0 aromatic heterocycles. The molecule has 1 aromatic rings. The molecule has 18 heavy (non-hydrogen) atoms. The van der Waals surface area contributed by atoms with E-state index in [1.165, 1.54) is 7.11 Å². The minimum absolute atomic E-state index is 0.0374. The van der Waals surface area contributed by atoms with Gasteiger partial charge < -0.3 is 20.1 Å². The summed E-state index contributed by atoms with van der Waals surface area (Å²) in [5, 5.41) is 28.4. The monoisotopic (exact) mass is 254 g/mol. The summed E-state index contributed by atoms with van der Waals surface area (Å²) >= 11 is 0. The van der Waals surface area contributed by atoms with E-state index in [0.717, 1.165) is 5.56 Å². The zero-order chi connectivity index (χ0) is 13.7. The van der Waals surface area contributed by atoms with E-state index in [2.05, 4.69) is 4.74 Å². The van der Waals surface area contributed by atoms with Crippen molar-refractivity contribution in [1.29, 1.82) is 0 Å². The van der Waals surface area contributed by atoms with E-state index in [9.17, 15) is 15.0 Å². The maximum absolute atomic E-state index is 11.6. The van der Waals surface area contributed by atoms with Gasteiger partial charge in [0.1, 0.15) is 6.10 Å². The van der Waals surface area contributed by atoms with Gasteiger partial charge in [-0.3, -0.25) is 0 Å². The molecular weight excluding hydrogens is 236 g/mol. The maximum atomic E-state index is 11.6. The fourth-order valence-electron chi connectivity index (χ4n) is 1.72. The van der Waals surface area contributed by atoms with Crippen LogP contribution < -0.4 is 0 Å². The lowest BCUT2D eigenvalue weighted by Crippen LogP contribution is -2.22. The number of aliphatic hydroxyl groups excluding tert-OH is 3. The number of esters is 1. The predicted octanol–water partition coefficient (Wildman–Crippen LogP) is 0.558. The third kappa shape index (κ3) is 3.29. The van der Waals surface area contributed by atoms with Crippen molar-refractivity contribution < 1.29 is 24.9 Å². The van der Waals surface area contributed by atoms with Crippen LogP contribution in [-0.4, -0.2) is 41.1 Å². The van der Waals surface area contributed by atoms with E-state index in [-0.39, 0.29) is 18.6 Å². The van der Waals surface area contributed by atoms with Crippen molar-refractivity contribution in [3.8, 4) is 0 Å². The number of methoxy groups -OCH3 is 1. The van der Waals surface area contributed by atoms with Crippen molar-refractivity contribution in [2.24, 2.45) is 0 Å². The van der Waals surface area contributed by atoms with Crippen molar-refractivity contribution in [1.82, 2.24) is 0 Å². The molecule has 0 saturated carbocycles. The predicted molar refractivity (Wildman–Crippen MR) is 65.2 cm³/mol. The van der Waals surface area contributed by atoms with Gasteiger partial charge in [0.25, 0.3) is 0 Å². The van der Waals surface area contributed by atoms with E-state index in [1.54, 1.807) is 18.2 Å². The Morgan fingerprint density at radius 1 is 1.39 bits per heavy atom. The zero-order valence-corrected chi connectivity index (χ0v) is 10.5. The second kappa shape index (κ2) is 6.49. The van der Waals surface area contributed by atoms with Gasteiger partial charge in [-0.05, 0) is 25.0 Å². The van der Waals surface area contributed by atoms with Gasteiger partial charge in [0.05, 0.1) is 18.8 Å². The second-order valence-corrected chi connectivity index (χ2v) is 4.11. The number of hydrogen-bond acceptors (Lipinski definition) is 5. The van der Waals surface area contributed by atoms with Crippen LogP contribution in [0.5, 0.6) is 0 Å². The van der Waals surface area contributed by atoms with Crippen LogP contribution in [0.3, 0.4) is 0 Å². The average Bonchev–Trinajstić information content (AvgIpc) is 2.37. The number of carbonyl (C=O) groups excluding carboxylic acids is 1. The summed E-state index contributed by atoms with van der Waals surface area (Å²) in [5.74, 6) is -0.569. The molecule has 0 aliphatic carbocycles. The topological polar surface area (TPSA) is 87.0 Å². The molecule has 0 bridgehead atoms. The first-order chi connectivity index (χ1) is 8.51. The van der Waals surface area contributed by atoms with Gasteiger partial charge >= 0.3 is 5.97 Å². The average molecular weight is 254 g/mol. The Balaban J connectivity index is 3.12. The first-order valence-corrected chi connectivity index (χ1v) is 5.67. The Bertz CT molecular complexity index is 416. The molecule has 0 aliphatic rings. The number of benzene rings is 1. The lowest BCUT2D eigenvalue weighted by atomic mass is 9.95. The molecule has 0 aliphatic heterocycles. The van der Waals surface area contributed by atoms with E-state index in [4.69, 9.17) is 5.11 Å². The van der Waals surface area contributed by atoms with Gasteiger partial charge in [-0.25, -0.2) is 4.79 Å². The SMILES string of the molecule is COC(=O)c1ccc(C)cc1C(O)C(O)CCO. The van der Waals surface area contributed by atoms with Crippen molar-refractivity contribution in [2.75, 3.05) is 13.7 Å². The Kier molecular flexibility index (Phi) is 5.27. The molecule has 2 unspecified atom stereocenters. The Hall–Kier alpha value is -1.43. The summed E-state index contributed by atoms with van der Waals surface area (Å²) < 4.78 is 4.63. The minimum Gasteiger partial charge on any atom is -0.465 e. The van der Waals surface area contributed by atoms with Crippen molar-refractivity contribution in [3.05, 3.63) is 34.9 Å². The first-order valence-electron chi connectivity index (χ1n) is 5.67. The number of ether oxygens (including phenoxy) is 1.